The quantitative estimate of drug-likeness (QED) is 0.593. The summed E-state index contributed by atoms with van der Waals surface area (Å²) in [6.45, 7) is 17.0. The number of rotatable bonds is 6. The molecule has 0 aromatic carbocycles. The molecule has 2 rings (SSSR count). The van der Waals surface area contributed by atoms with E-state index in [-0.39, 0.29) is 29.6 Å². The van der Waals surface area contributed by atoms with Gasteiger partial charge >= 0.3 is 0 Å². The Balaban J connectivity index is 1.86. The molecule has 0 amide bonds. The van der Waals surface area contributed by atoms with Crippen LogP contribution >= 0.6 is 0 Å². The number of allylic oxidation sites excluding steroid dienone is 1. The third kappa shape index (κ3) is 4.76. The Kier molecular flexibility index (Phi) is 5.90. The number of fused-ring (bicyclic) bond motifs is 2. The summed E-state index contributed by atoms with van der Waals surface area (Å²) in [4.78, 5) is 0. The first-order valence-electron chi connectivity index (χ1n) is 8.60. The van der Waals surface area contributed by atoms with Crippen molar-refractivity contribution >= 4 is 8.32 Å². The van der Waals surface area contributed by atoms with Crippen LogP contribution in [0, 0.1) is 0 Å². The lowest BCUT2D eigenvalue weighted by Gasteiger charge is -2.37. The minimum Gasteiger partial charge on any atom is -0.414 e. The van der Waals surface area contributed by atoms with E-state index in [0.717, 1.165) is 6.54 Å². The van der Waals surface area contributed by atoms with E-state index in [4.69, 9.17) is 13.9 Å². The molecule has 0 spiro atoms. The second-order valence-corrected chi connectivity index (χ2v) is 13.1. The summed E-state index contributed by atoms with van der Waals surface area (Å²) >= 11 is 0. The van der Waals surface area contributed by atoms with Gasteiger partial charge in [0.2, 0.25) is 0 Å². The average molecular weight is 340 g/mol. The van der Waals surface area contributed by atoms with Gasteiger partial charge in [-0.15, -0.1) is 0 Å². The van der Waals surface area contributed by atoms with Crippen molar-refractivity contribution < 1.29 is 13.9 Å². The van der Waals surface area contributed by atoms with Gasteiger partial charge in [-0.2, -0.15) is 0 Å². The standard InChI is InChI=1S/C18H33NO3Si/c1-13(2)10-11-19-14-8-9-15-16(22-17(14)21-15)12-20-23(6,7)18(3,4)5/h8-10,14-17,19H,11-12H2,1-7H3/t14-,15+,16+,17+/m1/s1. The van der Waals surface area contributed by atoms with Crippen molar-refractivity contribution in [3.63, 3.8) is 0 Å². The average Bonchev–Trinajstić information content (AvgIpc) is 2.75. The Labute approximate surface area is 142 Å². The van der Waals surface area contributed by atoms with Crippen LogP contribution in [0.5, 0.6) is 0 Å². The minimum atomic E-state index is -1.75. The van der Waals surface area contributed by atoms with Gasteiger partial charge in [0.05, 0.1) is 12.6 Å². The summed E-state index contributed by atoms with van der Waals surface area (Å²) in [6.07, 6.45) is 6.27. The van der Waals surface area contributed by atoms with Crippen LogP contribution in [0.1, 0.15) is 34.6 Å². The zero-order valence-electron chi connectivity index (χ0n) is 15.7. The number of hydrogen-bond donors (Lipinski definition) is 1. The molecular weight excluding hydrogens is 306 g/mol. The fraction of sp³-hybridized carbons (Fsp3) is 0.778. The van der Waals surface area contributed by atoms with Gasteiger partial charge in [0.25, 0.3) is 0 Å². The molecule has 0 aromatic rings. The van der Waals surface area contributed by atoms with E-state index in [9.17, 15) is 0 Å². The highest BCUT2D eigenvalue weighted by Crippen LogP contribution is 2.37. The summed E-state index contributed by atoms with van der Waals surface area (Å²) in [5, 5.41) is 3.67. The first kappa shape index (κ1) is 18.9. The molecule has 4 nitrogen and oxygen atoms in total. The SMILES string of the molecule is CC(C)=CCN[C@@H]1C=C[C@@H]2O[C@H]1O[C@H]2CO[Si](C)(C)C(C)(C)C. The largest absolute Gasteiger partial charge is 0.414 e. The van der Waals surface area contributed by atoms with Crippen molar-refractivity contribution in [2.75, 3.05) is 13.2 Å². The van der Waals surface area contributed by atoms with Gasteiger partial charge in [-0.25, -0.2) is 0 Å². The maximum atomic E-state index is 6.30. The molecule has 0 radical (unpaired) electrons. The highest BCUT2D eigenvalue weighted by atomic mass is 28.4. The lowest BCUT2D eigenvalue weighted by atomic mass is 10.1. The predicted molar refractivity (Wildman–Crippen MR) is 97.0 cm³/mol. The van der Waals surface area contributed by atoms with Gasteiger partial charge in [0, 0.05) is 6.54 Å². The van der Waals surface area contributed by atoms with Crippen molar-refractivity contribution in [3.05, 3.63) is 23.8 Å². The van der Waals surface area contributed by atoms with Crippen LogP contribution in [0.3, 0.4) is 0 Å². The smallest absolute Gasteiger partial charge is 0.192 e. The first-order valence-corrected chi connectivity index (χ1v) is 11.5. The Morgan fingerprint density at radius 3 is 2.52 bits per heavy atom. The minimum absolute atomic E-state index is 0.000582. The van der Waals surface area contributed by atoms with Gasteiger partial charge in [-0.1, -0.05) is 44.6 Å². The van der Waals surface area contributed by atoms with E-state index in [2.05, 4.69) is 71.3 Å². The van der Waals surface area contributed by atoms with Crippen molar-refractivity contribution in [2.45, 2.75) is 77.3 Å². The normalized spacial score (nSPS) is 30.6. The van der Waals surface area contributed by atoms with Gasteiger partial charge in [-0.3, -0.25) is 0 Å². The van der Waals surface area contributed by atoms with Gasteiger partial charge in [0.15, 0.2) is 14.6 Å². The predicted octanol–water partition coefficient (Wildman–Crippen LogP) is 3.61. The van der Waals surface area contributed by atoms with E-state index in [0.29, 0.717) is 6.61 Å². The highest BCUT2D eigenvalue weighted by Gasteiger charge is 2.43. The summed E-state index contributed by atoms with van der Waals surface area (Å²) in [7, 11) is -1.75. The van der Waals surface area contributed by atoms with E-state index in [1.165, 1.54) is 5.57 Å². The monoisotopic (exact) mass is 339 g/mol. The third-order valence-electron chi connectivity index (χ3n) is 5.05. The van der Waals surface area contributed by atoms with E-state index in [1.807, 2.05) is 0 Å². The fourth-order valence-electron chi connectivity index (χ4n) is 2.39. The Morgan fingerprint density at radius 1 is 1.22 bits per heavy atom. The topological polar surface area (TPSA) is 39.7 Å². The molecule has 4 atom stereocenters. The second-order valence-electron chi connectivity index (χ2n) is 8.32. The van der Waals surface area contributed by atoms with E-state index < -0.39 is 8.32 Å². The van der Waals surface area contributed by atoms with Crippen molar-refractivity contribution in [3.8, 4) is 0 Å². The molecule has 2 heterocycles. The fourth-order valence-corrected chi connectivity index (χ4v) is 3.40. The Morgan fingerprint density at radius 2 is 1.91 bits per heavy atom. The molecule has 1 fully saturated rings. The van der Waals surface area contributed by atoms with E-state index in [1.54, 1.807) is 0 Å². The Hall–Kier alpha value is -0.463. The molecule has 23 heavy (non-hydrogen) atoms. The van der Waals surface area contributed by atoms with Crippen molar-refractivity contribution in [1.29, 1.82) is 0 Å². The molecular formula is C18H33NO3Si. The van der Waals surface area contributed by atoms with Crippen LogP contribution in [-0.4, -0.2) is 46.0 Å². The van der Waals surface area contributed by atoms with E-state index >= 15 is 0 Å². The summed E-state index contributed by atoms with van der Waals surface area (Å²) in [5.41, 5.74) is 1.31. The van der Waals surface area contributed by atoms with Crippen LogP contribution in [0.4, 0.5) is 0 Å². The zero-order valence-corrected chi connectivity index (χ0v) is 16.7. The molecule has 132 valence electrons. The van der Waals surface area contributed by atoms with Crippen LogP contribution < -0.4 is 5.32 Å². The maximum Gasteiger partial charge on any atom is 0.192 e. The maximum absolute atomic E-state index is 6.30. The number of hydrogen-bond acceptors (Lipinski definition) is 4. The van der Waals surface area contributed by atoms with Crippen molar-refractivity contribution in [1.82, 2.24) is 5.32 Å². The summed E-state index contributed by atoms with van der Waals surface area (Å²) < 4.78 is 18.4. The highest BCUT2D eigenvalue weighted by molar-refractivity contribution is 6.74. The summed E-state index contributed by atoms with van der Waals surface area (Å²) in [5.74, 6) is 0. The lowest BCUT2D eigenvalue weighted by Crippen LogP contribution is -2.43. The van der Waals surface area contributed by atoms with Gasteiger partial charge < -0.3 is 19.2 Å². The molecule has 0 aromatic heterocycles. The van der Waals surface area contributed by atoms with Crippen LogP contribution in [0.25, 0.3) is 0 Å². The first-order chi connectivity index (χ1) is 10.6. The lowest BCUT2D eigenvalue weighted by molar-refractivity contribution is -0.0829. The second kappa shape index (κ2) is 7.19. The molecule has 1 saturated heterocycles. The molecule has 5 heteroatoms. The van der Waals surface area contributed by atoms with Gasteiger partial charge in [-0.05, 0) is 32.0 Å². The molecule has 1 N–H and O–H groups in total. The molecule has 0 saturated carbocycles. The molecule has 0 aliphatic carbocycles. The number of ether oxygens (including phenoxy) is 2. The molecule has 2 aliphatic heterocycles. The summed E-state index contributed by atoms with van der Waals surface area (Å²) in [6, 6.07) is 0.111. The zero-order chi connectivity index (χ0) is 17.3. The molecule has 2 aliphatic rings. The van der Waals surface area contributed by atoms with Crippen LogP contribution in [0.2, 0.25) is 18.1 Å². The number of nitrogens with one attached hydrogen (secondary N) is 1. The van der Waals surface area contributed by atoms with Gasteiger partial charge in [0.1, 0.15) is 12.2 Å². The molecule has 0 unspecified atom stereocenters. The molecule has 2 bridgehead atoms. The Bertz CT molecular complexity index is 463. The van der Waals surface area contributed by atoms with Crippen LogP contribution in [-0.2, 0) is 13.9 Å². The van der Waals surface area contributed by atoms with Crippen molar-refractivity contribution in [2.24, 2.45) is 0 Å². The van der Waals surface area contributed by atoms with Crippen LogP contribution in [0.15, 0.2) is 23.8 Å². The third-order valence-corrected chi connectivity index (χ3v) is 9.55.